The molecule has 34 heavy (non-hydrogen) atoms. The largest absolute Gasteiger partial charge is 0.598 e. The van der Waals surface area contributed by atoms with E-state index in [1.807, 2.05) is 51.3 Å². The molecule has 2 atom stereocenters. The van der Waals surface area contributed by atoms with E-state index in [0.717, 1.165) is 9.13 Å². The summed E-state index contributed by atoms with van der Waals surface area (Å²) in [5.74, 6) is -0.480. The molecule has 188 valence electrons. The van der Waals surface area contributed by atoms with Gasteiger partial charge in [-0.3, -0.25) is 14.2 Å². The zero-order valence-electron chi connectivity index (χ0n) is 20.8. The summed E-state index contributed by atoms with van der Waals surface area (Å²) in [4.78, 5) is 29.7. The van der Waals surface area contributed by atoms with Gasteiger partial charge in [0.1, 0.15) is 16.9 Å². The normalized spacial score (nSPS) is 14.0. The average Bonchev–Trinajstić information content (AvgIpc) is 2.71. The van der Waals surface area contributed by atoms with Crippen LogP contribution < -0.4 is 10.3 Å². The number of hydrogen-bond donors (Lipinski definition) is 1. The van der Waals surface area contributed by atoms with Crippen molar-refractivity contribution >= 4 is 51.7 Å². The fraction of sp³-hybridized carbons (Fsp3) is 0.542. The van der Waals surface area contributed by atoms with E-state index in [1.54, 1.807) is 20.8 Å². The summed E-state index contributed by atoms with van der Waals surface area (Å²) in [6.07, 6.45) is 2.94. The smallest absolute Gasteiger partial charge is 0.326 e. The summed E-state index contributed by atoms with van der Waals surface area (Å²) in [5.41, 5.74) is 0.741. The molecule has 0 amide bonds. The highest BCUT2D eigenvalue weighted by molar-refractivity contribution is 14.1. The number of halogens is 1. The van der Waals surface area contributed by atoms with Crippen molar-refractivity contribution < 1.29 is 14.1 Å². The lowest BCUT2D eigenvalue weighted by atomic mass is 10.0. The van der Waals surface area contributed by atoms with E-state index in [2.05, 4.69) is 32.3 Å². The Balaban J connectivity index is 2.23. The number of esters is 1. The van der Waals surface area contributed by atoms with E-state index in [0.29, 0.717) is 23.7 Å². The molecule has 0 saturated heterocycles. The maximum Gasteiger partial charge on any atom is 0.326 e. The van der Waals surface area contributed by atoms with Crippen molar-refractivity contribution in [3.05, 3.63) is 55.5 Å². The summed E-state index contributed by atoms with van der Waals surface area (Å²) in [6, 6.07) is 9.40. The van der Waals surface area contributed by atoms with Crippen LogP contribution in [0.3, 0.4) is 0 Å². The van der Waals surface area contributed by atoms with Crippen molar-refractivity contribution in [2.75, 3.05) is 6.26 Å². The Morgan fingerprint density at radius 1 is 1.24 bits per heavy atom. The Kier molecular flexibility index (Phi) is 10.5. The van der Waals surface area contributed by atoms with Crippen LogP contribution in [0.5, 0.6) is 0 Å². The molecule has 2 aromatic rings. The second kappa shape index (κ2) is 12.2. The molecule has 7 nitrogen and oxygen atoms in total. The lowest BCUT2D eigenvalue weighted by Crippen LogP contribution is -2.41. The monoisotopic (exact) mass is 619 g/mol. The Morgan fingerprint density at radius 2 is 1.85 bits per heavy atom. The highest BCUT2D eigenvalue weighted by Crippen LogP contribution is 2.25. The van der Waals surface area contributed by atoms with Crippen molar-refractivity contribution in [2.45, 2.75) is 82.5 Å². The molecule has 0 saturated carbocycles. The number of nitrogens with zero attached hydrogens (tertiary/aromatic N) is 2. The maximum absolute atomic E-state index is 12.8. The molecule has 0 unspecified atom stereocenters. The van der Waals surface area contributed by atoms with Crippen molar-refractivity contribution in [1.82, 2.24) is 14.3 Å². The van der Waals surface area contributed by atoms with Crippen molar-refractivity contribution in [3.8, 4) is 0 Å². The SMILES string of the molecule is CSc1nc(CC[C@H](N[S@+]([O-])C(C)(C)C)c2ccc(I)cc2)cc(=O)n1CC(=O)OC(C)(C)C. The zero-order chi connectivity index (χ0) is 25.7. The number of aromatic nitrogens is 2. The molecule has 2 rings (SSSR count). The number of thioether (sulfide) groups is 1. The minimum absolute atomic E-state index is 0.166. The van der Waals surface area contributed by atoms with E-state index < -0.39 is 27.7 Å². The van der Waals surface area contributed by atoms with E-state index in [9.17, 15) is 14.1 Å². The van der Waals surface area contributed by atoms with E-state index >= 15 is 0 Å². The summed E-state index contributed by atoms with van der Waals surface area (Å²) in [6.45, 7) is 11.0. The summed E-state index contributed by atoms with van der Waals surface area (Å²) in [5, 5.41) is 0.463. The van der Waals surface area contributed by atoms with E-state index in [1.165, 1.54) is 22.4 Å². The second-order valence-corrected chi connectivity index (χ2v) is 13.9. The molecule has 1 heterocycles. The van der Waals surface area contributed by atoms with Gasteiger partial charge in [0.25, 0.3) is 5.56 Å². The minimum Gasteiger partial charge on any atom is -0.598 e. The van der Waals surface area contributed by atoms with Gasteiger partial charge in [-0.15, -0.1) is 4.72 Å². The molecule has 1 aromatic carbocycles. The zero-order valence-corrected chi connectivity index (χ0v) is 24.6. The first kappa shape index (κ1) is 29.2. The fourth-order valence-corrected chi connectivity index (χ4v) is 4.86. The molecule has 1 aromatic heterocycles. The molecule has 0 bridgehead atoms. The summed E-state index contributed by atoms with van der Waals surface area (Å²) >= 11 is 2.31. The van der Waals surface area contributed by atoms with Crippen molar-refractivity contribution in [2.24, 2.45) is 0 Å². The topological polar surface area (TPSA) is 96.3 Å². The van der Waals surface area contributed by atoms with Gasteiger partial charge >= 0.3 is 5.97 Å². The lowest BCUT2D eigenvalue weighted by Gasteiger charge is -2.28. The van der Waals surface area contributed by atoms with Crippen LogP contribution in [0.1, 0.15) is 65.3 Å². The molecule has 0 fully saturated rings. The molecule has 0 aliphatic rings. The Hall–Kier alpha value is -1.08. The maximum atomic E-state index is 12.8. The van der Waals surface area contributed by atoms with Crippen LogP contribution >= 0.6 is 34.4 Å². The van der Waals surface area contributed by atoms with Gasteiger partial charge in [-0.1, -0.05) is 23.9 Å². The van der Waals surface area contributed by atoms with Gasteiger partial charge < -0.3 is 9.29 Å². The first-order valence-electron chi connectivity index (χ1n) is 11.0. The Labute approximate surface area is 223 Å². The average molecular weight is 620 g/mol. The number of hydrogen-bond acceptors (Lipinski definition) is 7. The standard InChI is InChI=1S/C24H34IN3O4S2/c1-23(2,3)32-21(30)15-28-20(29)14-18(26-22(28)33-7)12-13-19(27-34(31)24(4,5)6)16-8-10-17(25)11-9-16/h8-11,14,19,27H,12-13,15H2,1-7H3/t19-,34+/m0/s1. The molecular weight excluding hydrogens is 585 g/mol. The van der Waals surface area contributed by atoms with Crippen LogP contribution in [-0.4, -0.2) is 36.7 Å². The van der Waals surface area contributed by atoms with Crippen molar-refractivity contribution in [1.29, 1.82) is 0 Å². The van der Waals surface area contributed by atoms with Gasteiger partial charge in [-0.2, -0.15) is 0 Å². The summed E-state index contributed by atoms with van der Waals surface area (Å²) < 4.78 is 23.5. The summed E-state index contributed by atoms with van der Waals surface area (Å²) in [7, 11) is 0. The third kappa shape index (κ3) is 9.18. The molecular formula is C24H34IN3O4S2. The van der Waals surface area contributed by atoms with Gasteiger partial charge in [0.2, 0.25) is 0 Å². The molecule has 0 radical (unpaired) electrons. The Morgan fingerprint density at radius 3 is 2.38 bits per heavy atom. The number of carbonyl (C=O) groups is 1. The fourth-order valence-electron chi connectivity index (χ4n) is 3.05. The van der Waals surface area contributed by atoms with Crippen LogP contribution in [-0.2, 0) is 33.9 Å². The number of rotatable bonds is 9. The first-order valence-corrected chi connectivity index (χ1v) is 14.4. The molecule has 0 aliphatic carbocycles. The van der Waals surface area contributed by atoms with Crippen LogP contribution in [0.4, 0.5) is 0 Å². The van der Waals surface area contributed by atoms with Crippen LogP contribution in [0.25, 0.3) is 0 Å². The van der Waals surface area contributed by atoms with Crippen LogP contribution in [0, 0.1) is 3.57 Å². The van der Waals surface area contributed by atoms with Gasteiger partial charge in [0.15, 0.2) is 5.16 Å². The van der Waals surface area contributed by atoms with Crippen LogP contribution in [0.2, 0.25) is 0 Å². The predicted molar refractivity (Wildman–Crippen MR) is 147 cm³/mol. The van der Waals surface area contributed by atoms with Gasteiger partial charge in [0, 0.05) is 26.7 Å². The number of nitrogens with one attached hydrogen (secondary N) is 1. The highest BCUT2D eigenvalue weighted by Gasteiger charge is 2.30. The third-order valence-corrected chi connectivity index (χ3v) is 7.69. The van der Waals surface area contributed by atoms with Crippen LogP contribution in [0.15, 0.2) is 40.3 Å². The number of benzene rings is 1. The third-order valence-electron chi connectivity index (χ3n) is 4.68. The molecule has 0 spiro atoms. The first-order chi connectivity index (χ1) is 15.7. The minimum atomic E-state index is -1.25. The van der Waals surface area contributed by atoms with Crippen molar-refractivity contribution in [3.63, 3.8) is 0 Å². The molecule has 10 heteroatoms. The quantitative estimate of drug-likeness (QED) is 0.144. The number of ether oxygens (including phenoxy) is 1. The van der Waals surface area contributed by atoms with Gasteiger partial charge in [-0.25, -0.2) is 4.98 Å². The Bertz CT molecular complexity index is 1030. The number of carbonyl (C=O) groups excluding carboxylic acids is 1. The highest BCUT2D eigenvalue weighted by atomic mass is 127. The lowest BCUT2D eigenvalue weighted by molar-refractivity contribution is -0.155. The van der Waals surface area contributed by atoms with E-state index in [-0.39, 0.29) is 18.1 Å². The number of aryl methyl sites for hydroxylation is 1. The predicted octanol–water partition coefficient (Wildman–Crippen LogP) is 4.64. The molecule has 1 N–H and O–H groups in total. The van der Waals surface area contributed by atoms with Gasteiger partial charge in [0.05, 0.1) is 6.04 Å². The molecule has 0 aliphatic heterocycles. The second-order valence-electron chi connectivity index (χ2n) is 9.89. The van der Waals surface area contributed by atoms with Gasteiger partial charge in [-0.05, 0) is 101 Å². The van der Waals surface area contributed by atoms with E-state index in [4.69, 9.17) is 4.74 Å².